The van der Waals surface area contributed by atoms with Crippen molar-refractivity contribution in [2.45, 2.75) is 190 Å². The molecule has 0 unspecified atom stereocenters. The topological polar surface area (TPSA) is 477 Å². The Labute approximate surface area is 743 Å². The quantitative estimate of drug-likeness (QED) is 0.00578. The molecule has 678 valence electrons. The fourth-order valence-electron chi connectivity index (χ4n) is 17.7. The second kappa shape index (κ2) is 41.3. The van der Waals surface area contributed by atoms with Crippen molar-refractivity contribution in [1.82, 2.24) is 31.9 Å². The number of phosphoric acid groups is 1. The van der Waals surface area contributed by atoms with Crippen molar-refractivity contribution in [2.75, 3.05) is 13.2 Å². The minimum Gasteiger partial charge on any atom is -0.480 e. The maximum Gasteiger partial charge on any atom is 0.524 e. The lowest BCUT2D eigenvalue weighted by Crippen LogP contribution is -2.82. The molecule has 6 amide bonds. The molecule has 3 fully saturated rings. The van der Waals surface area contributed by atoms with E-state index in [1.165, 1.54) is 88.4 Å². The molecule has 3 aliphatic carbocycles. The number of esters is 5. The van der Waals surface area contributed by atoms with Crippen LogP contribution in [0.2, 0.25) is 0 Å². The smallest absolute Gasteiger partial charge is 0.480 e. The van der Waals surface area contributed by atoms with Gasteiger partial charge in [-0.2, -0.15) is 0 Å². The number of ketones is 1. The Morgan fingerprint density at radius 3 is 1.69 bits per heavy atom. The molecule has 1 saturated heterocycles. The van der Waals surface area contributed by atoms with Gasteiger partial charge in [-0.25, -0.2) is 18.9 Å². The number of amides is 6. The SMILES string of the molecule is CC(=O)O[C@H]1C(=O)[C@@]2(C)[C@H]([C@H](OC(=O)c3ccccc3)[C@]3(O)C[C@H](OC(=O)[C@H](OC(=O)CCC(=O)NCCCC[C@H](NC(=O)[C@H](Cc4ccccc4)NC(=O)[C@H](Cc4ccccc4)NC(=O)Cc4ccc5ccccc5c4)C(=O)N[C@@H](Cc4ccc(OP(=O)(O)O)cc4)C(=O)O)[C@@H](NC(=O)c4ccccc4)c4ccccc4)C(C)=C1C3(C)C)[C@]1(OC(C)=O)CO[C@@H]1C[C@@H]2O. The zero-order valence-electron chi connectivity index (χ0n) is 71.7. The summed E-state index contributed by atoms with van der Waals surface area (Å²) in [4.78, 5) is 207. The molecular weight excluding hydrogens is 1680 g/mol. The van der Waals surface area contributed by atoms with E-state index in [0.717, 1.165) is 24.6 Å². The predicted molar refractivity (Wildman–Crippen MR) is 464 cm³/mol. The average Bonchev–Trinajstić information content (AvgIpc) is 0.668. The second-order valence-corrected chi connectivity index (χ2v) is 34.6. The molecule has 0 spiro atoms. The third kappa shape index (κ3) is 22.7. The summed E-state index contributed by atoms with van der Waals surface area (Å²) in [5, 5.41) is 55.5. The van der Waals surface area contributed by atoms with E-state index in [2.05, 4.69) is 36.4 Å². The van der Waals surface area contributed by atoms with E-state index in [9.17, 15) is 77.6 Å². The molecule has 0 aromatic heterocycles. The molecule has 8 aromatic rings. The summed E-state index contributed by atoms with van der Waals surface area (Å²) in [5.74, 6) is -14.7. The first-order valence-corrected chi connectivity index (χ1v) is 43.8. The molecule has 15 atom stereocenters. The molecular formula is C96H103N6O26P. The Morgan fingerprint density at radius 2 is 1.11 bits per heavy atom. The molecule has 12 rings (SSSR count). The summed E-state index contributed by atoms with van der Waals surface area (Å²) >= 11 is 0. The molecule has 32 nitrogen and oxygen atoms in total. The number of carboxylic acid groups (broad SMARTS) is 1. The number of nitrogens with one attached hydrogen (secondary N) is 6. The average molecular weight is 1790 g/mol. The van der Waals surface area contributed by atoms with Crippen LogP contribution in [-0.4, -0.2) is 187 Å². The van der Waals surface area contributed by atoms with Crippen LogP contribution in [0.1, 0.15) is 141 Å². The van der Waals surface area contributed by atoms with E-state index in [-0.39, 0.29) is 97.1 Å². The molecule has 8 aromatic carbocycles. The van der Waals surface area contributed by atoms with Crippen molar-refractivity contribution in [2.24, 2.45) is 16.7 Å². The van der Waals surface area contributed by atoms with Crippen LogP contribution in [0.25, 0.3) is 10.8 Å². The number of unbranched alkanes of at least 4 members (excludes halogenated alkanes) is 1. The van der Waals surface area contributed by atoms with Gasteiger partial charge in [0.05, 0.1) is 42.4 Å². The molecule has 1 aliphatic heterocycles. The van der Waals surface area contributed by atoms with Gasteiger partial charge in [-0.05, 0) is 119 Å². The normalized spacial score (nSPS) is 22.1. The van der Waals surface area contributed by atoms with Crippen molar-refractivity contribution in [3.8, 4) is 5.75 Å². The van der Waals surface area contributed by atoms with Gasteiger partial charge in [-0.15, -0.1) is 0 Å². The Morgan fingerprint density at radius 1 is 0.574 bits per heavy atom. The van der Waals surface area contributed by atoms with Crippen LogP contribution >= 0.6 is 7.82 Å². The number of carboxylic acids is 1. The first-order valence-electron chi connectivity index (χ1n) is 42.3. The van der Waals surface area contributed by atoms with Crippen molar-refractivity contribution >= 4 is 95.6 Å². The molecule has 0 radical (unpaired) electrons. The first-order chi connectivity index (χ1) is 61.4. The first kappa shape index (κ1) is 95.0. The lowest BCUT2D eigenvalue weighted by molar-refractivity contribution is -0.346. The maximum atomic E-state index is 16.1. The van der Waals surface area contributed by atoms with E-state index < -0.39 is 206 Å². The largest absolute Gasteiger partial charge is 0.524 e. The molecule has 1 heterocycles. The highest BCUT2D eigenvalue weighted by Gasteiger charge is 2.78. The number of fused-ring (bicyclic) bond motifs is 6. The van der Waals surface area contributed by atoms with Gasteiger partial charge < -0.3 is 80.2 Å². The van der Waals surface area contributed by atoms with Gasteiger partial charge in [0, 0.05) is 69.9 Å². The number of Topliss-reactive ketones (excluding diaryl/α,β-unsaturated/α-hetero) is 1. The van der Waals surface area contributed by atoms with Gasteiger partial charge in [-0.3, -0.25) is 57.7 Å². The van der Waals surface area contributed by atoms with Crippen molar-refractivity contribution in [3.63, 3.8) is 0 Å². The number of ether oxygens (including phenoxy) is 6. The van der Waals surface area contributed by atoms with Crippen LogP contribution in [0.5, 0.6) is 5.75 Å². The zero-order valence-corrected chi connectivity index (χ0v) is 72.6. The molecule has 33 heteroatoms. The van der Waals surface area contributed by atoms with Crippen LogP contribution in [0.3, 0.4) is 0 Å². The number of aliphatic hydroxyl groups is 2. The fourth-order valence-corrected chi connectivity index (χ4v) is 18.1. The predicted octanol–water partition coefficient (Wildman–Crippen LogP) is 7.97. The van der Waals surface area contributed by atoms with E-state index in [1.807, 2.05) is 36.4 Å². The number of aliphatic carboxylic acids is 1. The number of hydrogen-bond donors (Lipinski definition) is 11. The molecule has 2 bridgehead atoms. The molecule has 4 aliphatic rings. The van der Waals surface area contributed by atoms with E-state index in [0.29, 0.717) is 16.7 Å². The van der Waals surface area contributed by atoms with Crippen LogP contribution in [-0.2, 0) is 111 Å². The van der Waals surface area contributed by atoms with Gasteiger partial charge in [0.2, 0.25) is 35.6 Å². The maximum absolute atomic E-state index is 16.1. The monoisotopic (exact) mass is 1790 g/mol. The number of benzene rings is 8. The summed E-state index contributed by atoms with van der Waals surface area (Å²) in [7, 11) is -4.99. The Balaban J connectivity index is 0.793. The highest BCUT2D eigenvalue weighted by Crippen LogP contribution is 2.65. The standard InChI is InChI=1S/C96H103N6O26P/c1-56-73(54-96(118)85(126-91(116)66-35-20-11-21-36-66)83-94(6,74(105)53-75-95(83,55-122-75)127-58(3)104)84(109)81(123-57(2)103)79(56)93(96,4)5)124-92(117)82(80(64-31-16-9-17-32-64)102-86(110)65-33-18-10-19-34-65)125-78(108)46-45-76(106)97-47-25-24-38-69(87(111)101-72(90(114)115)51-61-40-43-68(44-41-61)128-129(119,120)121)99-89(113)71(50-60-28-14-8-15-29-60)100-88(112)70(49-59-26-12-7-13-27-59)98-77(107)52-62-39-42-63-30-22-23-37-67(63)48-62/h7-23,26-37,39-44,48,69-75,80-83,85,105,118H,24-25,38,45-47,49-55H2,1-6H3,(H,97,106)(H,98,107)(H,99,113)(H,100,112)(H,101,111)(H,102,110)(H,114,115)(H2,119,120,121)/t69-,70-,71-,72-,73-,74-,75+,80-,81+,82+,83-,85-,94+,95-,96+/m0/s1. The third-order valence-electron chi connectivity index (χ3n) is 24.4. The van der Waals surface area contributed by atoms with Crippen LogP contribution in [0.4, 0.5) is 0 Å². The second-order valence-electron chi connectivity index (χ2n) is 33.5. The number of aliphatic hydroxyl groups excluding tert-OH is 1. The lowest BCUT2D eigenvalue weighted by Gasteiger charge is -2.67. The van der Waals surface area contributed by atoms with E-state index in [4.69, 9.17) is 28.4 Å². The van der Waals surface area contributed by atoms with Crippen LogP contribution < -0.4 is 36.4 Å². The highest BCUT2D eigenvalue weighted by molar-refractivity contribution is 7.46. The lowest BCUT2D eigenvalue weighted by atomic mass is 9.44. The minimum atomic E-state index is -4.99. The summed E-state index contributed by atoms with van der Waals surface area (Å²) in [6.45, 7) is 7.29. The van der Waals surface area contributed by atoms with E-state index in [1.54, 1.807) is 121 Å². The molecule has 129 heavy (non-hydrogen) atoms. The van der Waals surface area contributed by atoms with Gasteiger partial charge in [-0.1, -0.05) is 196 Å². The number of hydrogen-bond acceptors (Lipinski definition) is 23. The van der Waals surface area contributed by atoms with Crippen molar-refractivity contribution in [1.29, 1.82) is 0 Å². The van der Waals surface area contributed by atoms with Gasteiger partial charge in [0.1, 0.15) is 59.9 Å². The summed E-state index contributed by atoms with van der Waals surface area (Å²) in [5.41, 5.74) is -6.39. The minimum absolute atomic E-state index is 0.00571. The Kier molecular flexibility index (Phi) is 30.4. The molecule has 11 N–H and O–H groups in total. The summed E-state index contributed by atoms with van der Waals surface area (Å²) in [6, 6.07) is 51.1. The number of rotatable bonds is 37. The third-order valence-corrected chi connectivity index (χ3v) is 24.8. The summed E-state index contributed by atoms with van der Waals surface area (Å²) < 4.78 is 53.5. The van der Waals surface area contributed by atoms with Crippen LogP contribution in [0.15, 0.2) is 230 Å². The zero-order chi connectivity index (χ0) is 92.7. The van der Waals surface area contributed by atoms with Gasteiger partial charge in [0.15, 0.2) is 17.5 Å². The van der Waals surface area contributed by atoms with Gasteiger partial charge in [0.25, 0.3) is 5.91 Å². The Bertz CT molecular complexity index is 5550. The van der Waals surface area contributed by atoms with Gasteiger partial charge >= 0.3 is 43.6 Å². The van der Waals surface area contributed by atoms with Crippen molar-refractivity contribution < 1.29 is 125 Å². The number of phosphoric ester groups is 1. The number of carbonyl (C=O) groups excluding carboxylic acids is 12. The summed E-state index contributed by atoms with van der Waals surface area (Å²) in [6.07, 6.45) is -14.1. The van der Waals surface area contributed by atoms with Crippen molar-refractivity contribution in [3.05, 3.63) is 268 Å². The van der Waals surface area contributed by atoms with E-state index >= 15 is 14.4 Å². The highest BCUT2D eigenvalue weighted by atomic mass is 31.2. The fraction of sp³-hybridized carbons (Fsp3) is 0.365. The molecule has 2 saturated carbocycles. The van der Waals surface area contributed by atoms with Crippen LogP contribution in [0, 0.1) is 16.7 Å². The Hall–Kier alpha value is -13.1. The number of carbonyl (C=O) groups is 13.